The zero-order valence-corrected chi connectivity index (χ0v) is 12.9. The van der Waals surface area contributed by atoms with Crippen LogP contribution in [0.15, 0.2) is 0 Å². The number of rotatable bonds is 6. The van der Waals surface area contributed by atoms with E-state index in [0.717, 1.165) is 25.7 Å². The molecule has 0 bridgehead atoms. The Morgan fingerprint density at radius 1 is 1.52 bits per heavy atom. The van der Waals surface area contributed by atoms with Gasteiger partial charge in [0.25, 0.3) is 0 Å². The summed E-state index contributed by atoms with van der Waals surface area (Å²) in [7, 11) is 1.64. The monoisotopic (exact) mass is 298 g/mol. The van der Waals surface area contributed by atoms with Gasteiger partial charge < -0.3 is 20.1 Å². The largest absolute Gasteiger partial charge is 0.481 e. The van der Waals surface area contributed by atoms with Crippen LogP contribution in [0.3, 0.4) is 0 Å². The molecule has 0 radical (unpaired) electrons. The number of urea groups is 1. The van der Waals surface area contributed by atoms with E-state index in [1.807, 2.05) is 0 Å². The molecular weight excluding hydrogens is 272 g/mol. The van der Waals surface area contributed by atoms with E-state index in [0.29, 0.717) is 26.1 Å². The Balaban J connectivity index is 1.89. The lowest BCUT2D eigenvalue weighted by Gasteiger charge is -2.24. The van der Waals surface area contributed by atoms with Gasteiger partial charge in [-0.1, -0.05) is 19.8 Å². The van der Waals surface area contributed by atoms with Crippen molar-refractivity contribution in [2.45, 2.75) is 45.1 Å². The van der Waals surface area contributed by atoms with Crippen molar-refractivity contribution in [3.63, 3.8) is 0 Å². The molecule has 0 aromatic heterocycles. The number of carboxylic acids is 1. The molecule has 1 saturated carbocycles. The Hall–Kier alpha value is -1.30. The maximum Gasteiger partial charge on any atom is 0.317 e. The maximum absolute atomic E-state index is 12.2. The first-order chi connectivity index (χ1) is 10.0. The number of hydrogen-bond acceptors (Lipinski definition) is 3. The van der Waals surface area contributed by atoms with Gasteiger partial charge >= 0.3 is 12.0 Å². The number of fused-ring (bicyclic) bond motifs is 1. The number of nitrogens with one attached hydrogen (secondary N) is 1. The lowest BCUT2D eigenvalue weighted by Crippen LogP contribution is -2.44. The predicted molar refractivity (Wildman–Crippen MR) is 78.1 cm³/mol. The predicted octanol–water partition coefficient (Wildman–Crippen LogP) is 1.70. The first kappa shape index (κ1) is 16.1. The summed E-state index contributed by atoms with van der Waals surface area (Å²) in [5.41, 5.74) is -0.707. The van der Waals surface area contributed by atoms with Crippen LogP contribution in [0.4, 0.5) is 4.79 Å². The van der Waals surface area contributed by atoms with Crippen molar-refractivity contribution in [1.29, 1.82) is 0 Å². The van der Waals surface area contributed by atoms with E-state index in [2.05, 4.69) is 12.2 Å². The number of carbonyl (C=O) groups excluding carboxylic acids is 1. The maximum atomic E-state index is 12.2. The fourth-order valence-electron chi connectivity index (χ4n) is 3.73. The molecule has 2 fully saturated rings. The Labute approximate surface area is 125 Å². The van der Waals surface area contributed by atoms with Crippen LogP contribution in [-0.2, 0) is 9.53 Å². The van der Waals surface area contributed by atoms with Crippen LogP contribution >= 0.6 is 0 Å². The van der Waals surface area contributed by atoms with Crippen molar-refractivity contribution in [2.75, 3.05) is 26.7 Å². The number of hydrogen-bond donors (Lipinski definition) is 2. The zero-order valence-electron chi connectivity index (χ0n) is 12.9. The van der Waals surface area contributed by atoms with E-state index in [4.69, 9.17) is 4.74 Å². The van der Waals surface area contributed by atoms with Gasteiger partial charge in [-0.05, 0) is 25.2 Å². The third-order valence-electron chi connectivity index (χ3n) is 5.01. The molecule has 2 rings (SSSR count). The number of ether oxygens (including phenoxy) is 1. The molecule has 1 aliphatic carbocycles. The molecule has 1 unspecified atom stereocenters. The normalized spacial score (nSPS) is 29.2. The standard InChI is InChI=1S/C15H26N2O4/c1-3-5-12(21-2)8-16-14(20)17-9-11-6-4-7-15(11,10-17)13(18)19/h11-12H,3-10H2,1-2H3,(H,16,20)(H,18,19)/t11-,12?,15+/m0/s1. The molecule has 1 saturated heterocycles. The van der Waals surface area contributed by atoms with Crippen LogP contribution in [0.25, 0.3) is 0 Å². The molecule has 2 amide bonds. The van der Waals surface area contributed by atoms with Crippen LogP contribution in [0.5, 0.6) is 0 Å². The van der Waals surface area contributed by atoms with Gasteiger partial charge in [0.2, 0.25) is 0 Å². The molecule has 3 atom stereocenters. The molecule has 2 N–H and O–H groups in total. The fourth-order valence-corrected chi connectivity index (χ4v) is 3.73. The van der Waals surface area contributed by atoms with Gasteiger partial charge in [0, 0.05) is 26.7 Å². The summed E-state index contributed by atoms with van der Waals surface area (Å²) in [4.78, 5) is 25.5. The average molecular weight is 298 g/mol. The second-order valence-corrected chi connectivity index (χ2v) is 6.26. The lowest BCUT2D eigenvalue weighted by molar-refractivity contribution is -0.149. The highest BCUT2D eigenvalue weighted by molar-refractivity contribution is 5.80. The molecular formula is C15H26N2O4. The van der Waals surface area contributed by atoms with E-state index in [1.54, 1.807) is 12.0 Å². The van der Waals surface area contributed by atoms with Crippen LogP contribution in [-0.4, -0.2) is 54.9 Å². The van der Waals surface area contributed by atoms with E-state index in [1.165, 1.54) is 0 Å². The number of amides is 2. The first-order valence-electron chi connectivity index (χ1n) is 7.82. The minimum atomic E-state index is -0.749. The zero-order chi connectivity index (χ0) is 15.5. The summed E-state index contributed by atoms with van der Waals surface area (Å²) in [6.45, 7) is 3.45. The van der Waals surface area contributed by atoms with Crippen LogP contribution < -0.4 is 5.32 Å². The molecule has 2 aliphatic rings. The number of aliphatic carboxylic acids is 1. The summed E-state index contributed by atoms with van der Waals surface area (Å²) in [5, 5.41) is 12.4. The third kappa shape index (κ3) is 3.15. The van der Waals surface area contributed by atoms with Gasteiger partial charge in [-0.2, -0.15) is 0 Å². The van der Waals surface area contributed by atoms with Gasteiger partial charge in [-0.15, -0.1) is 0 Å². The van der Waals surface area contributed by atoms with Crippen molar-refractivity contribution < 1.29 is 19.4 Å². The number of likely N-dealkylation sites (tertiary alicyclic amines) is 1. The minimum Gasteiger partial charge on any atom is -0.481 e. The minimum absolute atomic E-state index is 0.0227. The highest BCUT2D eigenvalue weighted by Gasteiger charge is 2.55. The molecule has 21 heavy (non-hydrogen) atoms. The Bertz CT molecular complexity index is 401. The molecule has 6 nitrogen and oxygen atoms in total. The smallest absolute Gasteiger partial charge is 0.317 e. The molecule has 0 aromatic carbocycles. The topological polar surface area (TPSA) is 78.9 Å². The van der Waals surface area contributed by atoms with Gasteiger partial charge in [-0.25, -0.2) is 4.79 Å². The van der Waals surface area contributed by atoms with Crippen molar-refractivity contribution in [1.82, 2.24) is 10.2 Å². The lowest BCUT2D eigenvalue weighted by atomic mass is 9.81. The van der Waals surface area contributed by atoms with Gasteiger partial charge in [0.1, 0.15) is 0 Å². The van der Waals surface area contributed by atoms with Crippen LogP contribution in [0.1, 0.15) is 39.0 Å². The van der Waals surface area contributed by atoms with Crippen molar-refractivity contribution in [2.24, 2.45) is 11.3 Å². The van der Waals surface area contributed by atoms with Gasteiger partial charge in [0.05, 0.1) is 11.5 Å². The number of methoxy groups -OCH3 is 1. The Morgan fingerprint density at radius 2 is 2.29 bits per heavy atom. The number of carbonyl (C=O) groups is 2. The van der Waals surface area contributed by atoms with Crippen molar-refractivity contribution >= 4 is 12.0 Å². The van der Waals surface area contributed by atoms with E-state index < -0.39 is 11.4 Å². The van der Waals surface area contributed by atoms with E-state index >= 15 is 0 Å². The summed E-state index contributed by atoms with van der Waals surface area (Å²) in [6, 6.07) is -0.164. The summed E-state index contributed by atoms with van der Waals surface area (Å²) in [5.74, 6) is -0.643. The molecule has 0 aromatic rings. The number of nitrogens with zero attached hydrogens (tertiary/aromatic N) is 1. The molecule has 1 heterocycles. The highest BCUT2D eigenvalue weighted by atomic mass is 16.5. The van der Waals surface area contributed by atoms with E-state index in [-0.39, 0.29) is 18.1 Å². The van der Waals surface area contributed by atoms with Crippen molar-refractivity contribution in [3.05, 3.63) is 0 Å². The average Bonchev–Trinajstić information content (AvgIpc) is 3.00. The first-order valence-corrected chi connectivity index (χ1v) is 7.82. The Morgan fingerprint density at radius 3 is 2.86 bits per heavy atom. The molecule has 120 valence electrons. The summed E-state index contributed by atoms with van der Waals surface area (Å²) < 4.78 is 5.31. The molecule has 0 spiro atoms. The third-order valence-corrected chi connectivity index (χ3v) is 5.01. The summed E-state index contributed by atoms with van der Waals surface area (Å²) in [6.07, 6.45) is 4.48. The number of carboxylic acid groups (broad SMARTS) is 1. The van der Waals surface area contributed by atoms with Crippen LogP contribution in [0, 0.1) is 11.3 Å². The summed E-state index contributed by atoms with van der Waals surface area (Å²) >= 11 is 0. The molecule has 1 aliphatic heterocycles. The molecule has 6 heteroatoms. The SMILES string of the molecule is CCCC(CNC(=O)N1C[C@@H]2CCC[C@@]2(C(=O)O)C1)OC. The van der Waals surface area contributed by atoms with Crippen molar-refractivity contribution in [3.8, 4) is 0 Å². The quantitative estimate of drug-likeness (QED) is 0.782. The highest BCUT2D eigenvalue weighted by Crippen LogP contribution is 2.48. The van der Waals surface area contributed by atoms with Gasteiger partial charge in [-0.3, -0.25) is 4.79 Å². The fraction of sp³-hybridized carbons (Fsp3) is 0.867. The van der Waals surface area contributed by atoms with Crippen LogP contribution in [0.2, 0.25) is 0 Å². The second kappa shape index (κ2) is 6.64. The van der Waals surface area contributed by atoms with Gasteiger partial charge in [0.15, 0.2) is 0 Å². The second-order valence-electron chi connectivity index (χ2n) is 6.26. The van der Waals surface area contributed by atoms with E-state index in [9.17, 15) is 14.7 Å². The Kier molecular flexibility index (Phi) is 5.08.